The van der Waals surface area contributed by atoms with Crippen molar-refractivity contribution in [1.82, 2.24) is 0 Å². The Labute approximate surface area is 125 Å². The number of hydrogen-bond donors (Lipinski definition) is 0. The lowest BCUT2D eigenvalue weighted by Crippen LogP contribution is -2.26. The smallest absolute Gasteiger partial charge is 0.496 e. The maximum atomic E-state index is 11.8. The van der Waals surface area contributed by atoms with E-state index in [1.807, 2.05) is 13.8 Å². The number of ether oxygens (including phenoxy) is 3. The summed E-state index contributed by atoms with van der Waals surface area (Å²) in [6.07, 6.45) is 0.519. The van der Waals surface area contributed by atoms with Crippen molar-refractivity contribution < 1.29 is 23.8 Å². The lowest BCUT2D eigenvalue weighted by atomic mass is 10.0. The van der Waals surface area contributed by atoms with Crippen LogP contribution in [0.4, 0.5) is 4.79 Å². The van der Waals surface area contributed by atoms with E-state index >= 15 is 0 Å². The van der Waals surface area contributed by atoms with E-state index in [0.717, 1.165) is 11.1 Å². The maximum Gasteiger partial charge on any atom is 0.514 e. The average Bonchev–Trinajstić information content (AvgIpc) is 2.36. The molecular weight excluding hydrogens is 272 g/mol. The van der Waals surface area contributed by atoms with Crippen molar-refractivity contribution in [2.45, 2.75) is 46.6 Å². The Hall–Kier alpha value is -2.04. The number of methoxy groups -OCH3 is 1. The number of rotatable bonds is 4. The Morgan fingerprint density at radius 3 is 2.38 bits per heavy atom. The molecule has 0 aliphatic carbocycles. The minimum absolute atomic E-state index is 0.326. The van der Waals surface area contributed by atoms with Gasteiger partial charge in [0.25, 0.3) is 0 Å². The predicted octanol–water partition coefficient (Wildman–Crippen LogP) is 3.69. The summed E-state index contributed by atoms with van der Waals surface area (Å²) >= 11 is 0. The van der Waals surface area contributed by atoms with Gasteiger partial charge in [0.05, 0.1) is 12.7 Å². The van der Waals surface area contributed by atoms with Crippen LogP contribution in [0, 0.1) is 6.92 Å². The quantitative estimate of drug-likeness (QED) is 0.481. The Morgan fingerprint density at radius 2 is 1.95 bits per heavy atom. The van der Waals surface area contributed by atoms with Crippen LogP contribution in [0.1, 0.15) is 49.2 Å². The monoisotopic (exact) mass is 294 g/mol. The van der Waals surface area contributed by atoms with E-state index in [-0.39, 0.29) is 0 Å². The van der Waals surface area contributed by atoms with Gasteiger partial charge in [-0.15, -0.1) is 0 Å². The third-order valence-electron chi connectivity index (χ3n) is 2.91. The van der Waals surface area contributed by atoms with Gasteiger partial charge < -0.3 is 14.2 Å². The van der Waals surface area contributed by atoms with E-state index in [4.69, 9.17) is 14.2 Å². The fourth-order valence-electron chi connectivity index (χ4n) is 2.08. The first-order valence-electron chi connectivity index (χ1n) is 6.80. The molecule has 0 N–H and O–H groups in total. The van der Waals surface area contributed by atoms with Crippen molar-refractivity contribution >= 4 is 12.4 Å². The van der Waals surface area contributed by atoms with Gasteiger partial charge in [-0.05, 0) is 45.7 Å². The van der Waals surface area contributed by atoms with Crippen LogP contribution in [0.5, 0.6) is 11.5 Å². The summed E-state index contributed by atoms with van der Waals surface area (Å²) in [5, 5.41) is 0. The molecule has 0 fully saturated rings. The summed E-state index contributed by atoms with van der Waals surface area (Å²) in [6, 6.07) is 1.50. The zero-order chi connectivity index (χ0) is 16.2. The molecule has 0 spiro atoms. The Kier molecular flexibility index (Phi) is 5.35. The summed E-state index contributed by atoms with van der Waals surface area (Å²) in [7, 11) is 1.50. The third-order valence-corrected chi connectivity index (χ3v) is 2.91. The van der Waals surface area contributed by atoms with Gasteiger partial charge in [0.15, 0.2) is 6.29 Å². The predicted molar refractivity (Wildman–Crippen MR) is 79.4 cm³/mol. The topological polar surface area (TPSA) is 61.8 Å². The average molecular weight is 294 g/mol. The van der Waals surface area contributed by atoms with Gasteiger partial charge in [-0.25, -0.2) is 4.79 Å². The van der Waals surface area contributed by atoms with Crippen LogP contribution in [-0.2, 0) is 11.2 Å². The minimum atomic E-state index is -0.793. The molecule has 5 nitrogen and oxygen atoms in total. The number of carbonyl (C=O) groups is 2. The van der Waals surface area contributed by atoms with E-state index in [9.17, 15) is 9.59 Å². The molecule has 0 aliphatic rings. The van der Waals surface area contributed by atoms with E-state index in [2.05, 4.69) is 0 Å². The second-order valence-electron chi connectivity index (χ2n) is 5.64. The van der Waals surface area contributed by atoms with Crippen LogP contribution in [0.25, 0.3) is 0 Å². The van der Waals surface area contributed by atoms with Crippen molar-refractivity contribution in [3.05, 3.63) is 22.8 Å². The second-order valence-corrected chi connectivity index (χ2v) is 5.64. The van der Waals surface area contributed by atoms with E-state index < -0.39 is 11.8 Å². The summed E-state index contributed by atoms with van der Waals surface area (Å²) in [6.45, 7) is 9.03. The molecule has 5 heteroatoms. The largest absolute Gasteiger partial charge is 0.514 e. The molecular formula is C16H22O5. The summed E-state index contributed by atoms with van der Waals surface area (Å²) < 4.78 is 15.6. The Morgan fingerprint density at radius 1 is 1.33 bits per heavy atom. The van der Waals surface area contributed by atoms with Crippen LogP contribution in [0.2, 0.25) is 0 Å². The van der Waals surface area contributed by atoms with Crippen LogP contribution in [0.15, 0.2) is 6.07 Å². The molecule has 0 unspecified atom stereocenters. The highest BCUT2D eigenvalue weighted by Gasteiger charge is 2.21. The first kappa shape index (κ1) is 17.0. The van der Waals surface area contributed by atoms with Crippen LogP contribution in [0.3, 0.4) is 0 Å². The van der Waals surface area contributed by atoms with Crippen LogP contribution >= 0.6 is 0 Å². The van der Waals surface area contributed by atoms with Crippen molar-refractivity contribution in [2.75, 3.05) is 7.11 Å². The number of carbonyl (C=O) groups excluding carboxylic acids is 2. The lowest BCUT2D eigenvalue weighted by molar-refractivity contribution is 0.0204. The minimum Gasteiger partial charge on any atom is -0.496 e. The summed E-state index contributed by atoms with van der Waals surface area (Å²) in [5.41, 5.74) is 1.29. The van der Waals surface area contributed by atoms with E-state index in [1.165, 1.54) is 13.2 Å². The van der Waals surface area contributed by atoms with Gasteiger partial charge in [-0.1, -0.05) is 6.92 Å². The molecule has 0 atom stereocenters. The molecule has 0 radical (unpaired) electrons. The lowest BCUT2D eigenvalue weighted by Gasteiger charge is -2.20. The molecule has 21 heavy (non-hydrogen) atoms. The highest BCUT2D eigenvalue weighted by molar-refractivity contribution is 5.82. The fourth-order valence-corrected chi connectivity index (χ4v) is 2.08. The van der Waals surface area contributed by atoms with Gasteiger partial charge in [-0.3, -0.25) is 4.79 Å². The molecule has 1 aromatic rings. The van der Waals surface area contributed by atoms with E-state index in [0.29, 0.717) is 29.8 Å². The van der Waals surface area contributed by atoms with Gasteiger partial charge >= 0.3 is 6.16 Å². The van der Waals surface area contributed by atoms with E-state index in [1.54, 1.807) is 20.8 Å². The SMILES string of the molecule is CCc1c(OC(=O)OC(C)(C)C)cc(C=O)c(OC)c1C. The first-order valence-corrected chi connectivity index (χ1v) is 6.80. The molecule has 0 heterocycles. The van der Waals surface area contributed by atoms with Gasteiger partial charge in [-0.2, -0.15) is 0 Å². The molecule has 1 rings (SSSR count). The highest BCUT2D eigenvalue weighted by Crippen LogP contribution is 2.34. The standard InChI is InChI=1S/C16H22O5/c1-7-12-10(2)14(19-6)11(9-17)8-13(12)20-15(18)21-16(3,4)5/h8-9H,7H2,1-6H3. The number of benzene rings is 1. The zero-order valence-electron chi connectivity index (χ0n) is 13.4. The van der Waals surface area contributed by atoms with Crippen molar-refractivity contribution in [2.24, 2.45) is 0 Å². The normalized spacial score (nSPS) is 11.0. The van der Waals surface area contributed by atoms with Gasteiger partial charge in [0.1, 0.15) is 17.1 Å². The summed E-state index contributed by atoms with van der Waals surface area (Å²) in [5.74, 6) is 0.825. The second kappa shape index (κ2) is 6.61. The van der Waals surface area contributed by atoms with Crippen LogP contribution < -0.4 is 9.47 Å². The molecule has 1 aromatic carbocycles. The maximum absolute atomic E-state index is 11.8. The number of hydrogen-bond acceptors (Lipinski definition) is 5. The Balaban J connectivity index is 3.20. The van der Waals surface area contributed by atoms with Crippen molar-refractivity contribution in [3.63, 3.8) is 0 Å². The summed E-state index contributed by atoms with van der Waals surface area (Å²) in [4.78, 5) is 23.0. The van der Waals surface area contributed by atoms with Crippen molar-refractivity contribution in [3.8, 4) is 11.5 Å². The highest BCUT2D eigenvalue weighted by atomic mass is 16.7. The molecule has 0 aromatic heterocycles. The molecule has 0 saturated heterocycles. The Bertz CT molecular complexity index is 541. The number of aldehydes is 1. The third kappa shape index (κ3) is 4.21. The van der Waals surface area contributed by atoms with Crippen LogP contribution in [-0.4, -0.2) is 25.2 Å². The molecule has 0 amide bonds. The fraction of sp³-hybridized carbons (Fsp3) is 0.500. The van der Waals surface area contributed by atoms with Crippen molar-refractivity contribution in [1.29, 1.82) is 0 Å². The first-order chi connectivity index (χ1) is 9.73. The molecule has 0 bridgehead atoms. The molecule has 0 saturated carbocycles. The van der Waals surface area contributed by atoms with Gasteiger partial charge in [0.2, 0.25) is 0 Å². The molecule has 116 valence electrons. The zero-order valence-corrected chi connectivity index (χ0v) is 13.4. The molecule has 0 aliphatic heterocycles. The van der Waals surface area contributed by atoms with Gasteiger partial charge in [0, 0.05) is 5.56 Å².